The van der Waals surface area contributed by atoms with Crippen LogP contribution in [0.3, 0.4) is 0 Å². The monoisotopic (exact) mass is 341 g/mol. The number of fused-ring (bicyclic) bond motifs is 2. The van der Waals surface area contributed by atoms with Crippen molar-refractivity contribution in [3.63, 3.8) is 0 Å². The van der Waals surface area contributed by atoms with Crippen molar-refractivity contribution in [1.29, 1.82) is 0 Å². The molecule has 1 aliphatic heterocycles. The fourth-order valence-electron chi connectivity index (χ4n) is 4.33. The normalized spacial score (nSPS) is 29.0. The lowest BCUT2D eigenvalue weighted by Crippen LogP contribution is -2.53. The molecule has 1 amide bonds. The highest BCUT2D eigenvalue weighted by molar-refractivity contribution is 5.94. The zero-order valence-corrected chi connectivity index (χ0v) is 14.6. The highest BCUT2D eigenvalue weighted by Crippen LogP contribution is 2.43. The lowest BCUT2D eigenvalue weighted by atomic mass is 9.79. The van der Waals surface area contributed by atoms with Crippen molar-refractivity contribution in [2.24, 2.45) is 0 Å². The van der Waals surface area contributed by atoms with Gasteiger partial charge in [-0.1, -0.05) is 12.1 Å². The average Bonchev–Trinajstić information content (AvgIpc) is 3.06. The summed E-state index contributed by atoms with van der Waals surface area (Å²) in [5.41, 5.74) is 1.67. The van der Waals surface area contributed by atoms with Crippen molar-refractivity contribution in [2.45, 2.75) is 43.4 Å². The first kappa shape index (κ1) is 16.4. The third-order valence-electron chi connectivity index (χ3n) is 5.80. The van der Waals surface area contributed by atoms with Crippen LogP contribution in [0.1, 0.15) is 36.2 Å². The molecule has 0 N–H and O–H groups in total. The molecule has 1 aromatic carbocycles. The number of para-hydroxylation sites is 2. The van der Waals surface area contributed by atoms with E-state index in [1.54, 1.807) is 20.4 Å². The molecule has 0 bridgehead atoms. The number of benzene rings is 1. The zero-order chi connectivity index (χ0) is 17.4. The van der Waals surface area contributed by atoms with Gasteiger partial charge in [0.05, 0.1) is 35.0 Å². The van der Waals surface area contributed by atoms with Gasteiger partial charge in [-0.25, -0.2) is 4.98 Å². The van der Waals surface area contributed by atoms with Gasteiger partial charge in [0, 0.05) is 20.8 Å². The lowest BCUT2D eigenvalue weighted by Gasteiger charge is -2.43. The van der Waals surface area contributed by atoms with Crippen molar-refractivity contribution >= 4 is 16.9 Å². The summed E-state index contributed by atoms with van der Waals surface area (Å²) in [6.07, 6.45) is 5.30. The number of likely N-dealkylation sites (tertiary alicyclic amines) is 1. The maximum atomic E-state index is 13.1. The molecule has 0 radical (unpaired) electrons. The Morgan fingerprint density at radius 3 is 2.80 bits per heavy atom. The Morgan fingerprint density at radius 1 is 1.24 bits per heavy atom. The summed E-state index contributed by atoms with van der Waals surface area (Å²) >= 11 is 0. The molecule has 1 aliphatic carbocycles. The Balaban J connectivity index is 1.64. The summed E-state index contributed by atoms with van der Waals surface area (Å²) in [5.74, 6) is -0.0704. The summed E-state index contributed by atoms with van der Waals surface area (Å²) in [5, 5.41) is 0. The third-order valence-corrected chi connectivity index (χ3v) is 5.80. The molecule has 1 aromatic heterocycles. The van der Waals surface area contributed by atoms with Crippen molar-refractivity contribution in [2.75, 3.05) is 20.8 Å². The highest BCUT2D eigenvalue weighted by Gasteiger charge is 2.52. The van der Waals surface area contributed by atoms with Gasteiger partial charge < -0.3 is 14.4 Å². The van der Waals surface area contributed by atoms with Crippen LogP contribution in [0.25, 0.3) is 11.0 Å². The van der Waals surface area contributed by atoms with Crippen LogP contribution in [0.5, 0.6) is 0 Å². The smallest absolute Gasteiger partial charge is 0.274 e. The second-order valence-corrected chi connectivity index (χ2v) is 6.91. The Labute approximate surface area is 147 Å². The van der Waals surface area contributed by atoms with E-state index < -0.39 is 0 Å². The predicted octanol–water partition coefficient (Wildman–Crippen LogP) is 2.43. The minimum absolute atomic E-state index is 0.0250. The maximum absolute atomic E-state index is 13.1. The Kier molecular flexibility index (Phi) is 4.17. The summed E-state index contributed by atoms with van der Waals surface area (Å²) < 4.78 is 11.5. The van der Waals surface area contributed by atoms with Gasteiger partial charge in [0.15, 0.2) is 0 Å². The number of hydrogen-bond acceptors (Lipinski definition) is 5. The molecule has 132 valence electrons. The molecule has 2 aliphatic rings. The molecule has 2 fully saturated rings. The number of nitrogens with zero attached hydrogens (tertiary/aromatic N) is 3. The molecule has 6 nitrogen and oxygen atoms in total. The summed E-state index contributed by atoms with van der Waals surface area (Å²) in [4.78, 5) is 23.9. The first-order valence-corrected chi connectivity index (χ1v) is 8.77. The fraction of sp³-hybridized carbons (Fsp3) is 0.526. The van der Waals surface area contributed by atoms with Gasteiger partial charge in [-0.05, 0) is 37.8 Å². The van der Waals surface area contributed by atoms with E-state index in [2.05, 4.69) is 9.97 Å². The number of rotatable bonds is 3. The second-order valence-electron chi connectivity index (χ2n) is 6.91. The standard InChI is InChI=1S/C19H23N3O3/c1-24-13-7-8-19(25-2)9-10-22(17(19)11-13)18(23)16-12-20-14-5-3-4-6-15(14)21-16/h3-6,12-13,17H,7-11H2,1-2H3/t13-,17+,19-/m1/s1. The predicted molar refractivity (Wildman–Crippen MR) is 93.4 cm³/mol. The first-order chi connectivity index (χ1) is 12.2. The van der Waals surface area contributed by atoms with E-state index in [-0.39, 0.29) is 23.7 Å². The minimum Gasteiger partial charge on any atom is -0.381 e. The molecule has 0 spiro atoms. The van der Waals surface area contributed by atoms with Gasteiger partial charge in [0.1, 0.15) is 5.69 Å². The van der Waals surface area contributed by atoms with Gasteiger partial charge in [-0.3, -0.25) is 9.78 Å². The first-order valence-electron chi connectivity index (χ1n) is 8.77. The van der Waals surface area contributed by atoms with Crippen LogP contribution in [0, 0.1) is 0 Å². The zero-order valence-electron chi connectivity index (χ0n) is 14.6. The number of ether oxygens (including phenoxy) is 2. The number of carbonyl (C=O) groups excluding carboxylic acids is 1. The molecular formula is C19H23N3O3. The number of hydrogen-bond donors (Lipinski definition) is 0. The minimum atomic E-state index is -0.255. The lowest BCUT2D eigenvalue weighted by molar-refractivity contribution is -0.0894. The van der Waals surface area contributed by atoms with Gasteiger partial charge >= 0.3 is 0 Å². The SMILES string of the molecule is CO[C@@H]1CC[C@@]2(OC)CCN(C(=O)c3cnc4ccccc4n3)[C@H]2C1. The van der Waals surface area contributed by atoms with Crippen LogP contribution in [-0.2, 0) is 9.47 Å². The summed E-state index contributed by atoms with van der Waals surface area (Å²) in [7, 11) is 3.49. The fourth-order valence-corrected chi connectivity index (χ4v) is 4.33. The van der Waals surface area contributed by atoms with Gasteiger partial charge in [-0.2, -0.15) is 0 Å². The van der Waals surface area contributed by atoms with E-state index in [9.17, 15) is 4.79 Å². The van der Waals surface area contributed by atoms with Crippen LogP contribution >= 0.6 is 0 Å². The van der Waals surface area contributed by atoms with Crippen LogP contribution in [0.4, 0.5) is 0 Å². The molecule has 1 saturated carbocycles. The van der Waals surface area contributed by atoms with E-state index in [0.29, 0.717) is 12.2 Å². The average molecular weight is 341 g/mol. The number of amides is 1. The Hall–Kier alpha value is -2.05. The maximum Gasteiger partial charge on any atom is 0.274 e. The van der Waals surface area contributed by atoms with Gasteiger partial charge in [0.25, 0.3) is 5.91 Å². The van der Waals surface area contributed by atoms with Gasteiger partial charge in [-0.15, -0.1) is 0 Å². The van der Waals surface area contributed by atoms with Crippen LogP contribution in [0.2, 0.25) is 0 Å². The molecule has 25 heavy (non-hydrogen) atoms. The second kappa shape index (κ2) is 6.35. The molecule has 2 aromatic rings. The van der Waals surface area contributed by atoms with Crippen LogP contribution in [-0.4, -0.2) is 59.3 Å². The van der Waals surface area contributed by atoms with Crippen molar-refractivity contribution < 1.29 is 14.3 Å². The Morgan fingerprint density at radius 2 is 2.04 bits per heavy atom. The largest absolute Gasteiger partial charge is 0.381 e. The van der Waals surface area contributed by atoms with Crippen LogP contribution < -0.4 is 0 Å². The summed E-state index contributed by atoms with van der Waals surface area (Å²) in [6.45, 7) is 0.683. The molecule has 6 heteroatoms. The number of carbonyl (C=O) groups is 1. The molecular weight excluding hydrogens is 318 g/mol. The quantitative estimate of drug-likeness (QED) is 0.858. The Bertz CT molecular complexity index is 796. The van der Waals surface area contributed by atoms with E-state index in [4.69, 9.17) is 9.47 Å². The molecule has 1 saturated heterocycles. The van der Waals surface area contributed by atoms with E-state index in [1.165, 1.54) is 0 Å². The van der Waals surface area contributed by atoms with Crippen molar-refractivity contribution in [1.82, 2.24) is 14.9 Å². The number of methoxy groups -OCH3 is 2. The number of aromatic nitrogens is 2. The topological polar surface area (TPSA) is 64.6 Å². The molecule has 4 rings (SSSR count). The third kappa shape index (κ3) is 2.69. The molecule has 2 heterocycles. The van der Waals surface area contributed by atoms with Crippen molar-refractivity contribution in [3.05, 3.63) is 36.2 Å². The van der Waals surface area contributed by atoms with Crippen LogP contribution in [0.15, 0.2) is 30.5 Å². The highest BCUT2D eigenvalue weighted by atomic mass is 16.5. The van der Waals surface area contributed by atoms with Crippen molar-refractivity contribution in [3.8, 4) is 0 Å². The van der Waals surface area contributed by atoms with E-state index in [1.807, 2.05) is 29.2 Å². The van der Waals surface area contributed by atoms with Gasteiger partial charge in [0.2, 0.25) is 0 Å². The molecule has 3 atom stereocenters. The molecule has 0 unspecified atom stereocenters. The van der Waals surface area contributed by atoms with E-state index >= 15 is 0 Å². The van der Waals surface area contributed by atoms with E-state index in [0.717, 1.165) is 36.7 Å². The summed E-state index contributed by atoms with van der Waals surface area (Å²) in [6, 6.07) is 7.62.